The molecule has 2 aromatic carbocycles. The van der Waals surface area contributed by atoms with Gasteiger partial charge in [-0.2, -0.15) is 0 Å². The minimum absolute atomic E-state index is 0.324. The summed E-state index contributed by atoms with van der Waals surface area (Å²) in [6.07, 6.45) is 0. The highest BCUT2D eigenvalue weighted by Gasteiger charge is 2.10. The molecule has 0 atom stereocenters. The van der Waals surface area contributed by atoms with Crippen LogP contribution in [-0.2, 0) is 28.4 Å². The summed E-state index contributed by atoms with van der Waals surface area (Å²) in [5.74, 6) is 1.60. The van der Waals surface area contributed by atoms with E-state index in [2.05, 4.69) is 68.6 Å². The van der Waals surface area contributed by atoms with Crippen molar-refractivity contribution < 1.29 is 37.9 Å². The van der Waals surface area contributed by atoms with E-state index in [1.54, 1.807) is 22.7 Å². The highest BCUT2D eigenvalue weighted by Crippen LogP contribution is 2.40. The van der Waals surface area contributed by atoms with Crippen LogP contribution in [0.3, 0.4) is 0 Å². The predicted molar refractivity (Wildman–Crippen MR) is 202 cm³/mol. The number of hydrogen-bond donors (Lipinski definition) is 0. The molecule has 2 heterocycles. The van der Waals surface area contributed by atoms with Crippen molar-refractivity contribution in [2.75, 3.05) is 106 Å². The van der Waals surface area contributed by atoms with E-state index in [4.69, 9.17) is 49.0 Å². The summed E-state index contributed by atoms with van der Waals surface area (Å²) < 4.78 is 44.2. The minimum atomic E-state index is 0.324. The van der Waals surface area contributed by atoms with Gasteiger partial charge in [-0.05, 0) is 95.0 Å². The van der Waals surface area contributed by atoms with Gasteiger partial charge in [0.25, 0.3) is 0 Å². The van der Waals surface area contributed by atoms with E-state index >= 15 is 0 Å². The van der Waals surface area contributed by atoms with Crippen LogP contribution in [0.1, 0.15) is 0 Å². The Balaban J connectivity index is 1.08. The zero-order valence-corrected chi connectivity index (χ0v) is 30.6. The number of ether oxygens (including phenoxy) is 8. The molecular formula is C36H44N6O8S2. The molecule has 4 rings (SSSR count). The Bertz CT molecular complexity index is 1520. The lowest BCUT2D eigenvalue weighted by molar-refractivity contribution is 0.0106. The van der Waals surface area contributed by atoms with Crippen molar-refractivity contribution in [2.45, 2.75) is 0 Å². The van der Waals surface area contributed by atoms with Crippen LogP contribution in [0, 0.1) is 0 Å². The third-order valence-corrected chi connectivity index (χ3v) is 9.48. The van der Waals surface area contributed by atoms with Crippen molar-refractivity contribution in [2.24, 2.45) is 10.2 Å². The summed E-state index contributed by atoms with van der Waals surface area (Å²) in [6, 6.07) is 24.9. The molecule has 0 spiro atoms. The molecule has 0 saturated carbocycles. The van der Waals surface area contributed by atoms with Crippen molar-refractivity contribution in [1.82, 2.24) is 0 Å². The number of hydrogen-bond acceptors (Lipinski definition) is 12. The molecule has 14 nitrogen and oxygen atoms in total. The Morgan fingerprint density at radius 2 is 0.692 bits per heavy atom. The minimum Gasteiger partial charge on any atom is -0.491 e. The molecule has 278 valence electrons. The molecule has 0 radical (unpaired) electrons. The fraction of sp³-hybridized carbons (Fsp3) is 0.444. The molecule has 0 bridgehead atoms. The summed E-state index contributed by atoms with van der Waals surface area (Å²) >= 11 is 3.54. The van der Waals surface area contributed by atoms with Gasteiger partial charge in [0.2, 0.25) is 0 Å². The summed E-state index contributed by atoms with van der Waals surface area (Å²) in [5, 5.41) is 6.80. The van der Waals surface area contributed by atoms with Gasteiger partial charge in [-0.3, -0.25) is 0 Å². The maximum atomic E-state index is 8.20. The van der Waals surface area contributed by atoms with Gasteiger partial charge in [-0.25, -0.2) is 0 Å². The van der Waals surface area contributed by atoms with Gasteiger partial charge < -0.3 is 37.9 Å². The van der Waals surface area contributed by atoms with Crippen LogP contribution in [0.2, 0.25) is 0 Å². The topological polar surface area (TPSA) is 171 Å². The van der Waals surface area contributed by atoms with Gasteiger partial charge >= 0.3 is 0 Å². The highest BCUT2D eigenvalue weighted by atomic mass is 32.1. The lowest BCUT2D eigenvalue weighted by Crippen LogP contribution is -2.13. The molecule has 4 aromatic rings. The largest absolute Gasteiger partial charge is 0.491 e. The van der Waals surface area contributed by atoms with E-state index in [0.717, 1.165) is 22.6 Å². The second-order valence-corrected chi connectivity index (χ2v) is 12.8. The van der Waals surface area contributed by atoms with Gasteiger partial charge in [0, 0.05) is 42.4 Å². The van der Waals surface area contributed by atoms with E-state index in [1.165, 1.54) is 19.5 Å². The summed E-state index contributed by atoms with van der Waals surface area (Å²) in [6.45, 7) is 7.03. The fourth-order valence-electron chi connectivity index (χ4n) is 4.50. The molecule has 0 aliphatic heterocycles. The summed E-state index contributed by atoms with van der Waals surface area (Å²) in [5.41, 5.74) is 18.7. The number of nitrogens with zero attached hydrogens (tertiary/aromatic N) is 6. The van der Waals surface area contributed by atoms with E-state index < -0.39 is 0 Å². The average Bonchev–Trinajstić information content (AvgIpc) is 3.87. The Morgan fingerprint density at radius 1 is 0.385 bits per heavy atom. The van der Waals surface area contributed by atoms with Crippen LogP contribution in [-0.4, -0.2) is 106 Å². The molecule has 0 saturated heterocycles. The van der Waals surface area contributed by atoms with E-state index in [9.17, 15) is 0 Å². The van der Waals surface area contributed by atoms with E-state index in [-0.39, 0.29) is 0 Å². The first-order chi connectivity index (χ1) is 25.8. The predicted octanol–water partition coefficient (Wildman–Crippen LogP) is 8.29. The van der Waals surface area contributed by atoms with Crippen molar-refractivity contribution in [3.8, 4) is 42.1 Å². The van der Waals surface area contributed by atoms with Gasteiger partial charge in [-0.1, -0.05) is 10.2 Å². The molecule has 16 heteroatoms. The fourth-order valence-corrected chi connectivity index (χ4v) is 6.62. The Hall–Kier alpha value is -4.18. The Kier molecular flexibility index (Phi) is 20.1. The molecular weight excluding hydrogens is 709 g/mol. The standard InChI is InChI=1S/C36H44N6O8S2/c37-41-39-13-15-43-17-19-45-21-23-47-25-27-49-31-5-1-29(2-6-31)33-9-11-35(51-33)36-12-10-34(52-36)30-3-7-32(8-4-30)50-28-26-48-24-22-46-20-18-44-16-14-40-42-38/h1-12H,13-28H2. The van der Waals surface area contributed by atoms with Crippen molar-refractivity contribution in [3.63, 3.8) is 0 Å². The quantitative estimate of drug-likeness (QED) is 0.0231. The summed E-state index contributed by atoms with van der Waals surface area (Å²) in [7, 11) is 0. The van der Waals surface area contributed by atoms with Crippen molar-refractivity contribution in [3.05, 3.63) is 93.7 Å². The average molecular weight is 753 g/mol. The molecule has 0 amide bonds. The van der Waals surface area contributed by atoms with E-state index in [1.807, 2.05) is 24.3 Å². The van der Waals surface area contributed by atoms with Gasteiger partial charge in [0.1, 0.15) is 24.7 Å². The number of benzene rings is 2. The lowest BCUT2D eigenvalue weighted by atomic mass is 10.2. The Labute approximate surface area is 311 Å². The molecule has 52 heavy (non-hydrogen) atoms. The smallest absolute Gasteiger partial charge is 0.119 e. The zero-order valence-electron chi connectivity index (χ0n) is 29.0. The number of rotatable bonds is 29. The third kappa shape index (κ3) is 16.0. The normalized spacial score (nSPS) is 10.8. The summed E-state index contributed by atoms with van der Waals surface area (Å²) in [4.78, 5) is 10.2. The lowest BCUT2D eigenvalue weighted by Gasteiger charge is -2.08. The first-order valence-electron chi connectivity index (χ1n) is 16.9. The van der Waals surface area contributed by atoms with Crippen LogP contribution >= 0.6 is 22.7 Å². The SMILES string of the molecule is [N-]=[N+]=NCCOCCOCCOCCOc1ccc(-c2ccc(-c3ccc(-c4ccc(OCCOCCOCCOCCN=[N+]=[N-])cc4)s3)s2)cc1. The van der Waals surface area contributed by atoms with Crippen LogP contribution in [0.5, 0.6) is 11.5 Å². The molecule has 0 N–H and O–H groups in total. The van der Waals surface area contributed by atoms with Crippen LogP contribution in [0.15, 0.2) is 83.0 Å². The van der Waals surface area contributed by atoms with Crippen molar-refractivity contribution in [1.29, 1.82) is 0 Å². The second-order valence-electron chi connectivity index (χ2n) is 10.7. The Morgan fingerprint density at radius 3 is 1.04 bits per heavy atom. The number of thiophene rings is 2. The maximum absolute atomic E-state index is 8.20. The van der Waals surface area contributed by atoms with Gasteiger partial charge in [0.05, 0.1) is 79.3 Å². The molecule has 2 aromatic heterocycles. The third-order valence-electron chi connectivity index (χ3n) is 7.01. The first kappa shape index (κ1) is 40.6. The highest BCUT2D eigenvalue weighted by molar-refractivity contribution is 7.25. The van der Waals surface area contributed by atoms with E-state index in [0.29, 0.717) is 106 Å². The van der Waals surface area contributed by atoms with Gasteiger partial charge in [0.15, 0.2) is 0 Å². The maximum Gasteiger partial charge on any atom is 0.119 e. The number of azide groups is 2. The molecule has 0 aliphatic carbocycles. The van der Waals surface area contributed by atoms with Crippen LogP contribution in [0.4, 0.5) is 0 Å². The monoisotopic (exact) mass is 752 g/mol. The second kappa shape index (κ2) is 25.7. The first-order valence-corrected chi connectivity index (χ1v) is 18.5. The van der Waals surface area contributed by atoms with Crippen LogP contribution in [0.25, 0.3) is 51.5 Å². The molecule has 0 unspecified atom stereocenters. The molecule has 0 aliphatic rings. The van der Waals surface area contributed by atoms with Crippen LogP contribution < -0.4 is 9.47 Å². The van der Waals surface area contributed by atoms with Gasteiger partial charge in [-0.15, -0.1) is 22.7 Å². The zero-order chi connectivity index (χ0) is 36.3. The van der Waals surface area contributed by atoms with Crippen molar-refractivity contribution >= 4 is 22.7 Å². The molecule has 0 fully saturated rings.